The van der Waals surface area contributed by atoms with Crippen LogP contribution in [0.4, 0.5) is 0 Å². The Balaban J connectivity index is 1.71. The topological polar surface area (TPSA) is 39.1 Å². The molecule has 3 nitrogen and oxygen atoms in total. The van der Waals surface area contributed by atoms with Crippen LogP contribution in [0.3, 0.4) is 0 Å². The van der Waals surface area contributed by atoms with Gasteiger partial charge in [0.2, 0.25) is 0 Å². The Hall–Kier alpha value is -1.64. The van der Waals surface area contributed by atoms with Gasteiger partial charge in [-0.3, -0.25) is 0 Å². The smallest absolute Gasteiger partial charge is 0.234 e. The molecule has 1 aromatic heterocycles. The maximum atomic E-state index is 14.0. The van der Waals surface area contributed by atoms with Crippen LogP contribution in [0, 0.1) is 0 Å². The van der Waals surface area contributed by atoms with E-state index in [4.69, 9.17) is 0 Å². The number of hydrogen-bond acceptors (Lipinski definition) is 2. The lowest BCUT2D eigenvalue weighted by atomic mass is 9.99. The minimum Gasteiger partial charge on any atom is -0.234 e. The van der Waals surface area contributed by atoms with Crippen molar-refractivity contribution in [1.82, 2.24) is 3.97 Å². The Kier molecular flexibility index (Phi) is 6.21. The van der Waals surface area contributed by atoms with Crippen molar-refractivity contribution in [2.75, 3.05) is 0 Å². The highest BCUT2D eigenvalue weighted by atomic mass is 32.2. The number of rotatable bonds is 5. The molecule has 2 saturated carbocycles. The van der Waals surface area contributed by atoms with Gasteiger partial charge in [0, 0.05) is 5.39 Å². The van der Waals surface area contributed by atoms with E-state index in [9.17, 15) is 8.42 Å². The monoisotopic (exact) mass is 453 g/mol. The largest absolute Gasteiger partial charge is 0.268 e. The molecule has 2 aromatic carbocycles. The van der Waals surface area contributed by atoms with Gasteiger partial charge in [0.05, 0.1) is 15.8 Å². The highest BCUT2D eigenvalue weighted by Crippen LogP contribution is 2.55. The molecule has 164 valence electrons. The lowest BCUT2D eigenvalue weighted by Gasteiger charge is -2.38. The van der Waals surface area contributed by atoms with E-state index in [-0.39, 0.29) is 0 Å². The molecule has 0 atom stereocenters. The van der Waals surface area contributed by atoms with Crippen LogP contribution in [-0.4, -0.2) is 23.7 Å². The standard InChI is InChI=1S/C26H32NO2PS/c28-31(29,24-17-8-3-9-18-24)27-25-19-11-10-12-21(25)20-26(27)30(22-13-4-1-5-14-22)23-15-6-2-7-16-23/h3,8-12,17-20,22-23H,1-2,4-7,13-16H2. The van der Waals surface area contributed by atoms with Crippen molar-refractivity contribution in [3.8, 4) is 0 Å². The molecule has 1 heterocycles. The van der Waals surface area contributed by atoms with Gasteiger partial charge < -0.3 is 0 Å². The van der Waals surface area contributed by atoms with Crippen LogP contribution in [0.25, 0.3) is 10.9 Å². The van der Waals surface area contributed by atoms with Gasteiger partial charge >= 0.3 is 0 Å². The van der Waals surface area contributed by atoms with Crippen molar-refractivity contribution in [2.45, 2.75) is 80.4 Å². The fraction of sp³-hybridized carbons (Fsp3) is 0.462. The number of aromatic nitrogens is 1. The van der Waals surface area contributed by atoms with Gasteiger partial charge in [-0.05, 0) is 69.2 Å². The third-order valence-electron chi connectivity index (χ3n) is 7.13. The minimum atomic E-state index is -3.64. The third kappa shape index (κ3) is 4.10. The first-order chi connectivity index (χ1) is 15.2. The van der Waals surface area contributed by atoms with Crippen LogP contribution >= 0.6 is 7.92 Å². The number of para-hydroxylation sites is 1. The molecule has 0 bridgehead atoms. The van der Waals surface area contributed by atoms with E-state index in [0.717, 1.165) is 16.3 Å². The summed E-state index contributed by atoms with van der Waals surface area (Å²) in [6.07, 6.45) is 12.9. The minimum absolute atomic E-state index is 0.389. The summed E-state index contributed by atoms with van der Waals surface area (Å²) in [4.78, 5) is 0.389. The summed E-state index contributed by atoms with van der Waals surface area (Å²) in [6, 6.07) is 19.3. The summed E-state index contributed by atoms with van der Waals surface area (Å²) in [7, 11) is -4.17. The molecule has 2 fully saturated rings. The van der Waals surface area contributed by atoms with Gasteiger partial charge in [0.15, 0.2) is 0 Å². The summed E-state index contributed by atoms with van der Waals surface area (Å²) in [5, 5.41) is 1.05. The number of fused-ring (bicyclic) bond motifs is 1. The molecule has 0 N–H and O–H groups in total. The third-order valence-corrected chi connectivity index (χ3v) is 12.5. The van der Waals surface area contributed by atoms with Gasteiger partial charge in [-0.2, -0.15) is 0 Å². The van der Waals surface area contributed by atoms with E-state index in [1.54, 1.807) is 16.1 Å². The lowest BCUT2D eigenvalue weighted by molar-refractivity contribution is 0.486. The van der Waals surface area contributed by atoms with Crippen molar-refractivity contribution in [3.63, 3.8) is 0 Å². The summed E-state index contributed by atoms with van der Waals surface area (Å²) < 4.78 is 29.7. The van der Waals surface area contributed by atoms with E-state index < -0.39 is 17.9 Å². The van der Waals surface area contributed by atoms with Crippen LogP contribution in [0.1, 0.15) is 64.2 Å². The Morgan fingerprint density at radius 2 is 1.26 bits per heavy atom. The Morgan fingerprint density at radius 3 is 1.87 bits per heavy atom. The Morgan fingerprint density at radius 1 is 0.710 bits per heavy atom. The fourth-order valence-corrected chi connectivity index (χ4v) is 11.5. The zero-order valence-electron chi connectivity index (χ0n) is 18.1. The molecule has 0 radical (unpaired) electrons. The predicted molar refractivity (Wildman–Crippen MR) is 131 cm³/mol. The Labute approximate surface area is 187 Å². The Bertz CT molecular complexity index is 1110. The summed E-state index contributed by atoms with van der Waals surface area (Å²) in [5.74, 6) is 0. The van der Waals surface area contributed by atoms with Crippen LogP contribution in [-0.2, 0) is 10.0 Å². The molecule has 3 aromatic rings. The van der Waals surface area contributed by atoms with Crippen molar-refractivity contribution >= 4 is 34.3 Å². The second-order valence-electron chi connectivity index (χ2n) is 9.13. The van der Waals surface area contributed by atoms with E-state index in [2.05, 4.69) is 12.1 Å². The lowest BCUT2D eigenvalue weighted by Crippen LogP contribution is -2.32. The molecule has 2 aliphatic rings. The van der Waals surface area contributed by atoms with Crippen molar-refractivity contribution in [3.05, 3.63) is 60.7 Å². The predicted octanol–water partition coefficient (Wildman–Crippen LogP) is 6.65. The molecule has 0 aliphatic heterocycles. The normalized spacial score (nSPS) is 19.3. The van der Waals surface area contributed by atoms with Gasteiger partial charge in [0.25, 0.3) is 10.0 Å². The molecular formula is C26H32NO2PS. The maximum Gasteiger partial charge on any atom is 0.268 e. The first-order valence-corrected chi connectivity index (χ1v) is 14.8. The quantitative estimate of drug-likeness (QED) is 0.406. The molecule has 5 rings (SSSR count). The molecule has 0 amide bonds. The van der Waals surface area contributed by atoms with Crippen LogP contribution in [0.15, 0.2) is 65.6 Å². The molecule has 0 saturated heterocycles. The van der Waals surface area contributed by atoms with Gasteiger partial charge in [0.1, 0.15) is 0 Å². The highest BCUT2D eigenvalue weighted by Gasteiger charge is 2.37. The number of benzene rings is 2. The molecule has 0 spiro atoms. The molecule has 2 aliphatic carbocycles. The fourth-order valence-electron chi connectivity index (χ4n) is 5.64. The van der Waals surface area contributed by atoms with Gasteiger partial charge in [-0.25, -0.2) is 12.4 Å². The van der Waals surface area contributed by atoms with Crippen LogP contribution < -0.4 is 5.44 Å². The molecule has 5 heteroatoms. The zero-order chi connectivity index (χ0) is 21.3. The zero-order valence-corrected chi connectivity index (χ0v) is 19.8. The first-order valence-electron chi connectivity index (χ1n) is 11.9. The van der Waals surface area contributed by atoms with Crippen LogP contribution in [0.5, 0.6) is 0 Å². The van der Waals surface area contributed by atoms with Gasteiger partial charge in [-0.15, -0.1) is 0 Å². The van der Waals surface area contributed by atoms with Crippen molar-refractivity contribution < 1.29 is 8.42 Å². The van der Waals surface area contributed by atoms with Crippen LogP contribution in [0.2, 0.25) is 0 Å². The van der Waals surface area contributed by atoms with E-state index in [1.807, 2.05) is 36.4 Å². The number of hydrogen-bond donors (Lipinski definition) is 0. The first kappa shape index (κ1) is 21.2. The second-order valence-corrected chi connectivity index (χ2v) is 13.7. The molecule has 0 unspecified atom stereocenters. The molecular weight excluding hydrogens is 421 g/mol. The summed E-state index contributed by atoms with van der Waals surface area (Å²) in [6.45, 7) is 0. The van der Waals surface area contributed by atoms with E-state index in [1.165, 1.54) is 64.2 Å². The van der Waals surface area contributed by atoms with E-state index in [0.29, 0.717) is 16.2 Å². The average Bonchev–Trinajstić information content (AvgIpc) is 3.21. The SMILES string of the molecule is O=S(=O)(c1ccccc1)n1c(P(C2CCCCC2)C2CCCCC2)cc2ccccc21. The molecule has 31 heavy (non-hydrogen) atoms. The summed E-state index contributed by atoms with van der Waals surface area (Å²) >= 11 is 0. The van der Waals surface area contributed by atoms with Crippen molar-refractivity contribution in [1.29, 1.82) is 0 Å². The highest BCUT2D eigenvalue weighted by molar-refractivity contribution is 7.90. The average molecular weight is 454 g/mol. The van der Waals surface area contributed by atoms with Crippen molar-refractivity contribution in [2.24, 2.45) is 0 Å². The van der Waals surface area contributed by atoms with Gasteiger partial charge in [-0.1, -0.05) is 74.9 Å². The second kappa shape index (κ2) is 9.08. The van der Waals surface area contributed by atoms with E-state index >= 15 is 0 Å². The maximum absolute atomic E-state index is 14.0. The summed E-state index contributed by atoms with van der Waals surface area (Å²) in [5.41, 5.74) is 3.24. The number of nitrogens with zero attached hydrogens (tertiary/aromatic N) is 1.